The maximum Gasteiger partial charge on any atom is 0.352 e. The van der Waals surface area contributed by atoms with Gasteiger partial charge >= 0.3 is 5.97 Å². The van der Waals surface area contributed by atoms with Crippen molar-refractivity contribution < 1.29 is 24.2 Å². The van der Waals surface area contributed by atoms with Crippen molar-refractivity contribution in [2.75, 3.05) is 24.9 Å². The molecule has 1 aliphatic heterocycles. The Kier molecular flexibility index (Phi) is 5.31. The molecule has 0 spiro atoms. The van der Waals surface area contributed by atoms with Crippen LogP contribution < -0.4 is 20.1 Å². The molecule has 4 rings (SSSR count). The van der Waals surface area contributed by atoms with Crippen LogP contribution in [0.15, 0.2) is 66.5 Å². The van der Waals surface area contributed by atoms with Crippen molar-refractivity contribution in [2.45, 2.75) is 6.04 Å². The Morgan fingerprint density at radius 2 is 1.65 bits per heavy atom. The van der Waals surface area contributed by atoms with Crippen molar-refractivity contribution in [1.29, 1.82) is 0 Å². The Morgan fingerprint density at radius 3 is 2.23 bits per heavy atom. The standard InChI is InChI=1S/C22H20N4O5/c1-30-15-7-3-13(4-8-15)19-11-18(22(28)29)25-20-17(12-23-26(19)20)21(27)24-14-5-9-16(31-2)10-6-14/h3-12,19,25H,1-2H3,(H,24,27)(H,28,29)/t19-/m1/s1. The molecule has 1 atom stereocenters. The number of nitrogens with one attached hydrogen (secondary N) is 2. The first-order chi connectivity index (χ1) is 15.0. The fourth-order valence-electron chi connectivity index (χ4n) is 3.30. The molecule has 1 amide bonds. The van der Waals surface area contributed by atoms with Gasteiger partial charge in [-0.25, -0.2) is 9.48 Å². The number of methoxy groups -OCH3 is 2. The Hall–Kier alpha value is -4.27. The van der Waals surface area contributed by atoms with Crippen molar-refractivity contribution in [3.63, 3.8) is 0 Å². The van der Waals surface area contributed by atoms with E-state index in [1.165, 1.54) is 6.20 Å². The van der Waals surface area contributed by atoms with E-state index in [0.29, 0.717) is 23.0 Å². The van der Waals surface area contributed by atoms with Gasteiger partial charge in [-0.2, -0.15) is 5.10 Å². The number of hydrogen-bond acceptors (Lipinski definition) is 6. The summed E-state index contributed by atoms with van der Waals surface area (Å²) >= 11 is 0. The molecule has 158 valence electrons. The van der Waals surface area contributed by atoms with Gasteiger partial charge in [-0.3, -0.25) is 4.79 Å². The number of carbonyl (C=O) groups excluding carboxylic acids is 1. The molecule has 31 heavy (non-hydrogen) atoms. The predicted octanol–water partition coefficient (Wildman–Crippen LogP) is 3.14. The summed E-state index contributed by atoms with van der Waals surface area (Å²) < 4.78 is 11.9. The fourth-order valence-corrected chi connectivity index (χ4v) is 3.30. The van der Waals surface area contributed by atoms with Crippen LogP contribution in [0.1, 0.15) is 22.0 Å². The van der Waals surface area contributed by atoms with Crippen molar-refractivity contribution >= 4 is 23.4 Å². The normalized spacial score (nSPS) is 14.6. The lowest BCUT2D eigenvalue weighted by Gasteiger charge is -2.24. The Morgan fingerprint density at radius 1 is 1.03 bits per heavy atom. The first kappa shape index (κ1) is 20.0. The van der Waals surface area contributed by atoms with Gasteiger partial charge in [-0.05, 0) is 48.0 Å². The number of allylic oxidation sites excluding steroid dienone is 1. The molecule has 0 saturated heterocycles. The van der Waals surface area contributed by atoms with Gasteiger partial charge in [-0.15, -0.1) is 0 Å². The minimum absolute atomic E-state index is 0.0349. The molecule has 0 fully saturated rings. The lowest BCUT2D eigenvalue weighted by atomic mass is 10.0. The van der Waals surface area contributed by atoms with Crippen molar-refractivity contribution in [3.05, 3.63) is 77.6 Å². The Bertz CT molecular complexity index is 1150. The molecule has 0 bridgehead atoms. The summed E-state index contributed by atoms with van der Waals surface area (Å²) in [5.74, 6) is 0.0970. The van der Waals surface area contributed by atoms with Crippen LogP contribution in [-0.4, -0.2) is 41.0 Å². The first-order valence-electron chi connectivity index (χ1n) is 9.39. The van der Waals surface area contributed by atoms with Gasteiger partial charge < -0.3 is 25.2 Å². The maximum atomic E-state index is 12.9. The number of hydrogen-bond donors (Lipinski definition) is 3. The summed E-state index contributed by atoms with van der Waals surface area (Å²) in [5, 5.41) is 19.5. The lowest BCUT2D eigenvalue weighted by Crippen LogP contribution is -2.25. The van der Waals surface area contributed by atoms with Gasteiger partial charge in [0.2, 0.25) is 0 Å². The molecular weight excluding hydrogens is 400 g/mol. The molecule has 1 aromatic heterocycles. The summed E-state index contributed by atoms with van der Waals surface area (Å²) in [5.41, 5.74) is 1.56. The number of fused-ring (bicyclic) bond motifs is 1. The average molecular weight is 420 g/mol. The number of aromatic nitrogens is 2. The molecule has 0 aliphatic carbocycles. The number of aliphatic carboxylic acids is 1. The van der Waals surface area contributed by atoms with E-state index in [1.807, 2.05) is 12.1 Å². The van der Waals surface area contributed by atoms with Gasteiger partial charge in [0, 0.05) is 5.69 Å². The van der Waals surface area contributed by atoms with Crippen LogP contribution in [0.2, 0.25) is 0 Å². The smallest absolute Gasteiger partial charge is 0.352 e. The SMILES string of the molecule is COc1ccc(NC(=O)c2cnn3c2NC(C(=O)O)=C[C@@H]3c2ccc(OC)cc2)cc1. The van der Waals surface area contributed by atoms with Gasteiger partial charge in [0.25, 0.3) is 5.91 Å². The summed E-state index contributed by atoms with van der Waals surface area (Å²) in [6.45, 7) is 0. The Balaban J connectivity index is 1.67. The zero-order valence-corrected chi connectivity index (χ0v) is 16.8. The number of ether oxygens (including phenoxy) is 2. The molecule has 3 aromatic rings. The van der Waals surface area contributed by atoms with E-state index in [4.69, 9.17) is 9.47 Å². The van der Waals surface area contributed by atoms with Crippen molar-refractivity contribution in [1.82, 2.24) is 9.78 Å². The molecule has 2 aromatic carbocycles. The van der Waals surface area contributed by atoms with E-state index in [0.717, 1.165) is 5.56 Å². The van der Waals surface area contributed by atoms with Crippen LogP contribution in [0.3, 0.4) is 0 Å². The highest BCUT2D eigenvalue weighted by molar-refractivity contribution is 6.08. The molecular formula is C22H20N4O5. The number of carboxylic acid groups (broad SMARTS) is 1. The van der Waals surface area contributed by atoms with Crippen LogP contribution in [0.5, 0.6) is 11.5 Å². The van der Waals surface area contributed by atoms with E-state index < -0.39 is 17.9 Å². The van der Waals surface area contributed by atoms with E-state index in [9.17, 15) is 14.7 Å². The van der Waals surface area contributed by atoms with Crippen LogP contribution >= 0.6 is 0 Å². The molecule has 9 heteroatoms. The van der Waals surface area contributed by atoms with Crippen molar-refractivity contribution in [2.24, 2.45) is 0 Å². The van der Waals surface area contributed by atoms with Crippen molar-refractivity contribution in [3.8, 4) is 11.5 Å². The highest BCUT2D eigenvalue weighted by atomic mass is 16.5. The van der Waals surface area contributed by atoms with Gasteiger partial charge in [-0.1, -0.05) is 12.1 Å². The highest BCUT2D eigenvalue weighted by Crippen LogP contribution is 2.33. The first-order valence-corrected chi connectivity index (χ1v) is 9.39. The average Bonchev–Trinajstić information content (AvgIpc) is 3.23. The topological polar surface area (TPSA) is 115 Å². The molecule has 0 saturated carbocycles. The summed E-state index contributed by atoms with van der Waals surface area (Å²) in [7, 11) is 3.13. The van der Waals surface area contributed by atoms with Crippen LogP contribution in [-0.2, 0) is 4.79 Å². The molecule has 3 N–H and O–H groups in total. The third kappa shape index (κ3) is 3.93. The predicted molar refractivity (Wildman–Crippen MR) is 114 cm³/mol. The third-order valence-electron chi connectivity index (χ3n) is 4.92. The lowest BCUT2D eigenvalue weighted by molar-refractivity contribution is -0.132. The summed E-state index contributed by atoms with van der Waals surface area (Å²) in [6.07, 6.45) is 2.96. The molecule has 9 nitrogen and oxygen atoms in total. The number of amides is 1. The zero-order chi connectivity index (χ0) is 22.0. The zero-order valence-electron chi connectivity index (χ0n) is 16.8. The molecule has 0 unspecified atom stereocenters. The summed E-state index contributed by atoms with van der Waals surface area (Å²) in [4.78, 5) is 24.6. The van der Waals surface area contributed by atoms with Crippen LogP contribution in [0.4, 0.5) is 11.5 Å². The Labute approximate surface area is 177 Å². The van der Waals surface area contributed by atoms with E-state index >= 15 is 0 Å². The largest absolute Gasteiger partial charge is 0.497 e. The minimum atomic E-state index is -1.13. The number of carbonyl (C=O) groups is 2. The minimum Gasteiger partial charge on any atom is -0.497 e. The summed E-state index contributed by atoms with van der Waals surface area (Å²) in [6, 6.07) is 13.6. The number of anilines is 2. The van der Waals surface area contributed by atoms with Crippen LogP contribution in [0.25, 0.3) is 0 Å². The monoisotopic (exact) mass is 420 g/mol. The quantitative estimate of drug-likeness (QED) is 0.561. The van der Waals surface area contributed by atoms with E-state index in [1.54, 1.807) is 61.4 Å². The molecule has 1 aliphatic rings. The fraction of sp³-hybridized carbons (Fsp3) is 0.136. The number of nitrogens with zero attached hydrogens (tertiary/aromatic N) is 2. The number of rotatable bonds is 6. The molecule has 0 radical (unpaired) electrons. The van der Waals surface area contributed by atoms with E-state index in [-0.39, 0.29) is 11.3 Å². The van der Waals surface area contributed by atoms with Gasteiger partial charge in [0.05, 0.1) is 26.5 Å². The second-order valence-electron chi connectivity index (χ2n) is 6.76. The third-order valence-corrected chi connectivity index (χ3v) is 4.92. The van der Waals surface area contributed by atoms with Crippen LogP contribution in [0, 0.1) is 0 Å². The van der Waals surface area contributed by atoms with Gasteiger partial charge in [0.15, 0.2) is 0 Å². The second-order valence-corrected chi connectivity index (χ2v) is 6.76. The number of benzene rings is 2. The highest BCUT2D eigenvalue weighted by Gasteiger charge is 2.29. The number of carboxylic acids is 1. The molecule has 2 heterocycles. The van der Waals surface area contributed by atoms with Gasteiger partial charge in [0.1, 0.15) is 28.6 Å². The second kappa shape index (κ2) is 8.23. The maximum absolute atomic E-state index is 12.9. The van der Waals surface area contributed by atoms with E-state index in [2.05, 4.69) is 15.7 Å².